The third-order valence-electron chi connectivity index (χ3n) is 3.15. The van der Waals surface area contributed by atoms with E-state index in [2.05, 4.69) is 13.8 Å². The lowest BCUT2D eigenvalue weighted by atomic mass is 9.86. The minimum Gasteiger partial charge on any atom is -0.465 e. The molecule has 0 spiro atoms. The lowest BCUT2D eigenvalue weighted by Gasteiger charge is -2.23. The molecule has 0 heterocycles. The van der Waals surface area contributed by atoms with E-state index < -0.39 is 0 Å². The molecule has 0 bridgehead atoms. The van der Waals surface area contributed by atoms with Gasteiger partial charge in [-0.1, -0.05) is 26.8 Å². The number of halogens is 1. The normalized spacial score (nSPS) is 12.6. The topological polar surface area (TPSA) is 26.3 Å². The lowest BCUT2D eigenvalue weighted by Crippen LogP contribution is -2.17. The maximum atomic E-state index is 13.1. The van der Waals surface area contributed by atoms with Gasteiger partial charge in [-0.2, -0.15) is 0 Å². The zero-order valence-corrected chi connectivity index (χ0v) is 11.5. The van der Waals surface area contributed by atoms with Gasteiger partial charge in [-0.05, 0) is 36.1 Å². The number of benzene rings is 1. The van der Waals surface area contributed by atoms with Gasteiger partial charge in [0.2, 0.25) is 0 Å². The summed E-state index contributed by atoms with van der Waals surface area (Å²) in [6.07, 6.45) is 0.382. The molecule has 0 aliphatic heterocycles. The average Bonchev–Trinajstić information content (AvgIpc) is 2.31. The van der Waals surface area contributed by atoms with Gasteiger partial charge in [-0.3, -0.25) is 4.79 Å². The Morgan fingerprint density at radius 1 is 1.39 bits per heavy atom. The van der Waals surface area contributed by atoms with Crippen molar-refractivity contribution in [2.75, 3.05) is 6.61 Å². The average molecular weight is 252 g/mol. The highest BCUT2D eigenvalue weighted by Gasteiger charge is 2.19. The molecule has 0 saturated heterocycles. The smallest absolute Gasteiger partial charge is 0.305 e. The molecule has 0 aliphatic carbocycles. The molecular weight excluding hydrogens is 231 g/mol. The standard InChI is InChI=1S/C15H21FO2/c1-5-15(17)18-9-14(10(2)3)13-7-6-12(16)8-11(13)4/h6-8,10,14H,5,9H2,1-4H3/t14-/m0/s1. The molecule has 0 unspecified atom stereocenters. The number of carbonyl (C=O) groups excluding carboxylic acids is 1. The Morgan fingerprint density at radius 3 is 2.56 bits per heavy atom. The zero-order valence-electron chi connectivity index (χ0n) is 11.5. The van der Waals surface area contributed by atoms with E-state index in [1.807, 2.05) is 6.92 Å². The highest BCUT2D eigenvalue weighted by atomic mass is 19.1. The van der Waals surface area contributed by atoms with E-state index in [0.717, 1.165) is 11.1 Å². The van der Waals surface area contributed by atoms with Gasteiger partial charge in [0.25, 0.3) is 0 Å². The number of aryl methyl sites for hydroxylation is 1. The summed E-state index contributed by atoms with van der Waals surface area (Å²) in [6, 6.07) is 4.76. The van der Waals surface area contributed by atoms with Crippen LogP contribution in [0.2, 0.25) is 0 Å². The summed E-state index contributed by atoms with van der Waals surface area (Å²) in [7, 11) is 0. The second kappa shape index (κ2) is 6.53. The second-order valence-corrected chi connectivity index (χ2v) is 4.89. The van der Waals surface area contributed by atoms with E-state index in [-0.39, 0.29) is 17.7 Å². The third-order valence-corrected chi connectivity index (χ3v) is 3.15. The van der Waals surface area contributed by atoms with E-state index in [4.69, 9.17) is 4.74 Å². The summed E-state index contributed by atoms with van der Waals surface area (Å²) in [5.74, 6) is 0.0182. The van der Waals surface area contributed by atoms with E-state index in [9.17, 15) is 9.18 Å². The Labute approximate surface area is 108 Å². The number of hydrogen-bond donors (Lipinski definition) is 0. The highest BCUT2D eigenvalue weighted by Crippen LogP contribution is 2.28. The highest BCUT2D eigenvalue weighted by molar-refractivity contribution is 5.68. The maximum absolute atomic E-state index is 13.1. The predicted octanol–water partition coefficient (Wildman–Crippen LogP) is 3.83. The largest absolute Gasteiger partial charge is 0.465 e. The van der Waals surface area contributed by atoms with Crippen LogP contribution < -0.4 is 0 Å². The monoisotopic (exact) mass is 252 g/mol. The van der Waals surface area contributed by atoms with Crippen molar-refractivity contribution < 1.29 is 13.9 Å². The van der Waals surface area contributed by atoms with Crippen LogP contribution in [-0.4, -0.2) is 12.6 Å². The molecule has 1 aromatic carbocycles. The number of carbonyl (C=O) groups is 1. The fourth-order valence-electron chi connectivity index (χ4n) is 1.98. The molecule has 0 fully saturated rings. The number of hydrogen-bond acceptors (Lipinski definition) is 2. The Balaban J connectivity index is 2.87. The first kappa shape index (κ1) is 14.7. The van der Waals surface area contributed by atoms with Gasteiger partial charge in [0, 0.05) is 12.3 Å². The van der Waals surface area contributed by atoms with Gasteiger partial charge in [0.1, 0.15) is 5.82 Å². The number of rotatable bonds is 5. The van der Waals surface area contributed by atoms with Crippen LogP contribution in [-0.2, 0) is 9.53 Å². The van der Waals surface area contributed by atoms with Crippen LogP contribution in [0, 0.1) is 18.7 Å². The van der Waals surface area contributed by atoms with E-state index in [1.54, 1.807) is 13.0 Å². The third kappa shape index (κ3) is 3.83. The van der Waals surface area contributed by atoms with Crippen LogP contribution in [0.4, 0.5) is 4.39 Å². The van der Waals surface area contributed by atoms with Crippen LogP contribution in [0.5, 0.6) is 0 Å². The quantitative estimate of drug-likeness (QED) is 0.744. The first-order valence-electron chi connectivity index (χ1n) is 6.37. The molecule has 0 amide bonds. The van der Waals surface area contributed by atoms with Crippen molar-refractivity contribution in [1.29, 1.82) is 0 Å². The Morgan fingerprint density at radius 2 is 2.06 bits per heavy atom. The van der Waals surface area contributed by atoms with Gasteiger partial charge < -0.3 is 4.74 Å². The molecular formula is C15H21FO2. The van der Waals surface area contributed by atoms with Crippen molar-refractivity contribution >= 4 is 5.97 Å². The van der Waals surface area contributed by atoms with Crippen molar-refractivity contribution in [3.63, 3.8) is 0 Å². The van der Waals surface area contributed by atoms with Crippen LogP contribution in [0.3, 0.4) is 0 Å². The minimum atomic E-state index is -0.232. The number of esters is 1. The van der Waals surface area contributed by atoms with Gasteiger partial charge in [-0.25, -0.2) is 4.39 Å². The first-order chi connectivity index (χ1) is 8.45. The van der Waals surface area contributed by atoms with Crippen molar-refractivity contribution in [2.24, 2.45) is 5.92 Å². The molecule has 0 aromatic heterocycles. The van der Waals surface area contributed by atoms with Gasteiger partial charge >= 0.3 is 5.97 Å². The molecule has 18 heavy (non-hydrogen) atoms. The maximum Gasteiger partial charge on any atom is 0.305 e. The Bertz CT molecular complexity index is 413. The van der Waals surface area contributed by atoms with E-state index in [1.165, 1.54) is 12.1 Å². The molecule has 100 valence electrons. The minimum absolute atomic E-state index is 0.112. The summed E-state index contributed by atoms with van der Waals surface area (Å²) < 4.78 is 18.3. The van der Waals surface area contributed by atoms with Crippen LogP contribution in [0.15, 0.2) is 18.2 Å². The summed E-state index contributed by atoms with van der Waals surface area (Å²) in [5.41, 5.74) is 1.96. The van der Waals surface area contributed by atoms with Crippen LogP contribution in [0.1, 0.15) is 44.2 Å². The van der Waals surface area contributed by atoms with Crippen molar-refractivity contribution in [1.82, 2.24) is 0 Å². The summed E-state index contributed by atoms with van der Waals surface area (Å²) in [5, 5.41) is 0. The Hall–Kier alpha value is -1.38. The van der Waals surface area contributed by atoms with Crippen molar-refractivity contribution in [3.05, 3.63) is 35.1 Å². The fraction of sp³-hybridized carbons (Fsp3) is 0.533. The van der Waals surface area contributed by atoms with Crippen LogP contribution >= 0.6 is 0 Å². The van der Waals surface area contributed by atoms with Gasteiger partial charge in [0.15, 0.2) is 0 Å². The molecule has 0 radical (unpaired) electrons. The Kier molecular flexibility index (Phi) is 5.32. The van der Waals surface area contributed by atoms with Crippen molar-refractivity contribution in [2.45, 2.75) is 40.0 Å². The molecule has 0 aliphatic rings. The molecule has 0 N–H and O–H groups in total. The lowest BCUT2D eigenvalue weighted by molar-refractivity contribution is -0.144. The first-order valence-corrected chi connectivity index (χ1v) is 6.37. The molecule has 2 nitrogen and oxygen atoms in total. The van der Waals surface area contributed by atoms with Gasteiger partial charge in [0.05, 0.1) is 6.61 Å². The van der Waals surface area contributed by atoms with E-state index >= 15 is 0 Å². The molecule has 0 saturated carbocycles. The molecule has 1 rings (SSSR count). The SMILES string of the molecule is CCC(=O)OC[C@H](c1ccc(F)cc1C)C(C)C. The van der Waals surface area contributed by atoms with E-state index in [0.29, 0.717) is 18.9 Å². The summed E-state index contributed by atoms with van der Waals surface area (Å²) >= 11 is 0. The summed E-state index contributed by atoms with van der Waals surface area (Å²) in [4.78, 5) is 11.2. The second-order valence-electron chi connectivity index (χ2n) is 4.89. The van der Waals surface area contributed by atoms with Gasteiger partial charge in [-0.15, -0.1) is 0 Å². The molecule has 3 heteroatoms. The number of ether oxygens (including phenoxy) is 1. The fourth-order valence-corrected chi connectivity index (χ4v) is 1.98. The van der Waals surface area contributed by atoms with Crippen LogP contribution in [0.25, 0.3) is 0 Å². The van der Waals surface area contributed by atoms with Crippen molar-refractivity contribution in [3.8, 4) is 0 Å². The zero-order chi connectivity index (χ0) is 13.7. The predicted molar refractivity (Wildman–Crippen MR) is 70.0 cm³/mol. The molecule has 1 atom stereocenters. The molecule has 1 aromatic rings. The summed E-state index contributed by atoms with van der Waals surface area (Å²) in [6.45, 7) is 8.17.